The number of nitrogens with zero attached hydrogens (tertiary/aromatic N) is 9. The predicted octanol–water partition coefficient (Wildman–Crippen LogP) is 18.3. The van der Waals surface area contributed by atoms with Crippen LogP contribution in [0.4, 0.5) is 22.7 Å². The molecule has 4 spiro atoms. The average molecular weight is 1840 g/mol. The Labute approximate surface area is 778 Å². The van der Waals surface area contributed by atoms with Crippen molar-refractivity contribution in [2.24, 2.45) is 0 Å². The quantitative estimate of drug-likeness (QED) is 0.0232. The van der Waals surface area contributed by atoms with E-state index in [1.54, 1.807) is 11.8 Å². The number of carbonyl (C=O) groups excluding carboxylic acids is 5. The maximum Gasteiger partial charge on any atom is 0.326 e. The molecule has 0 atom stereocenters. The normalized spacial score (nSPS) is 19.2. The van der Waals surface area contributed by atoms with Gasteiger partial charge in [-0.05, 0) is 276 Å². The minimum Gasteiger partial charge on any atom is -0.465 e. The van der Waals surface area contributed by atoms with Crippen LogP contribution in [0.25, 0.3) is 89.2 Å². The smallest absolute Gasteiger partial charge is 0.326 e. The van der Waals surface area contributed by atoms with E-state index >= 15 is 0 Å². The minimum absolute atomic E-state index is 0.0119. The van der Waals surface area contributed by atoms with Crippen molar-refractivity contribution in [2.75, 3.05) is 85.9 Å². The van der Waals surface area contributed by atoms with Crippen molar-refractivity contribution < 1.29 is 53.1 Å². The number of aromatic nitrogens is 12. The summed E-state index contributed by atoms with van der Waals surface area (Å²) in [4.78, 5) is 85.9. The number of aliphatic hydroxyl groups is 2. The number of amides is 4. The second-order valence-corrected chi connectivity index (χ2v) is 53.6. The zero-order chi connectivity index (χ0) is 91.5. The molecule has 25 rings (SSSR count). The first-order valence-corrected chi connectivity index (χ1v) is 57.2. The fraction of sp³-hybridized carbons (Fsp3) is 0.529. The molecule has 4 aromatic carbocycles. The van der Waals surface area contributed by atoms with Crippen LogP contribution in [-0.2, 0) is 129 Å². The number of ether oxygens (including phenoxy) is 4. The number of hydrogen-bond acceptors (Lipinski definition) is 15. The molecule has 4 saturated carbocycles. The highest BCUT2D eigenvalue weighted by Gasteiger charge is 2.56. The number of carbonyl (C=O) groups is 5. The summed E-state index contributed by atoms with van der Waals surface area (Å²) in [6, 6.07) is 19.9. The Hall–Kier alpha value is -10.5. The molecule has 0 unspecified atom stereocenters. The lowest BCUT2D eigenvalue weighted by atomic mass is 9.80. The van der Waals surface area contributed by atoms with Gasteiger partial charge in [0, 0.05) is 134 Å². The van der Waals surface area contributed by atoms with Crippen molar-refractivity contribution in [3.05, 3.63) is 140 Å². The molecule has 13 heterocycles. The van der Waals surface area contributed by atoms with Crippen LogP contribution in [0.2, 0.25) is 51.4 Å². The third kappa shape index (κ3) is 15.8. The number of esters is 1. The first kappa shape index (κ1) is 89.0. The monoisotopic (exact) mass is 1830 g/mol. The molecule has 13 aliphatic rings. The zero-order valence-electron chi connectivity index (χ0n) is 78.6. The summed E-state index contributed by atoms with van der Waals surface area (Å²) >= 11 is 0. The molecule has 8 aliphatic carbocycles. The highest BCUT2D eigenvalue weighted by atomic mass is 28.3. The van der Waals surface area contributed by atoms with Gasteiger partial charge < -0.3 is 69.1 Å². The van der Waals surface area contributed by atoms with Crippen LogP contribution in [0.1, 0.15) is 215 Å². The van der Waals surface area contributed by atoms with Gasteiger partial charge in [-0.2, -0.15) is 20.4 Å². The van der Waals surface area contributed by atoms with Crippen molar-refractivity contribution >= 4 is 112 Å². The highest BCUT2D eigenvalue weighted by Crippen LogP contribution is 2.58. The summed E-state index contributed by atoms with van der Waals surface area (Å²) < 4.78 is 26.0. The molecule has 700 valence electrons. The molecule has 8 aromatic heterocycles. The summed E-state index contributed by atoms with van der Waals surface area (Å²) in [7, 11) is -2.22. The van der Waals surface area contributed by atoms with Gasteiger partial charge in [-0.3, -0.25) is 34.2 Å². The number of H-pyrrole nitrogens is 6. The summed E-state index contributed by atoms with van der Waals surface area (Å²) in [6.07, 6.45) is 39.0. The molecule has 1 saturated heterocycles. The molecule has 4 amide bonds. The van der Waals surface area contributed by atoms with E-state index in [2.05, 4.69) is 146 Å². The number of hydrogen-bond donors (Lipinski definition) is 9. The predicted molar refractivity (Wildman–Crippen MR) is 524 cm³/mol. The molecule has 5 fully saturated rings. The van der Waals surface area contributed by atoms with E-state index in [0.29, 0.717) is 33.2 Å². The molecule has 9 N–H and O–H groups in total. The van der Waals surface area contributed by atoms with E-state index in [-0.39, 0.29) is 65.6 Å². The Morgan fingerprint density at radius 1 is 0.436 bits per heavy atom. The van der Waals surface area contributed by atoms with E-state index in [0.717, 1.165) is 325 Å². The molecule has 29 heteroatoms. The average Bonchev–Trinajstić information content (AvgIpc) is 1.60. The van der Waals surface area contributed by atoms with Crippen molar-refractivity contribution in [1.29, 1.82) is 0 Å². The number of anilines is 4. The fourth-order valence-corrected chi connectivity index (χ4v) is 26.4. The lowest BCUT2D eigenvalue weighted by Crippen LogP contribution is -2.41. The van der Waals surface area contributed by atoms with Crippen molar-refractivity contribution in [3.63, 3.8) is 0 Å². The van der Waals surface area contributed by atoms with Gasteiger partial charge in [0.2, 0.25) is 23.6 Å². The van der Waals surface area contributed by atoms with Crippen molar-refractivity contribution in [3.8, 4) is 45.6 Å². The van der Waals surface area contributed by atoms with Crippen molar-refractivity contribution in [2.45, 2.75) is 286 Å². The largest absolute Gasteiger partial charge is 0.465 e. The third-order valence-electron chi connectivity index (χ3n) is 31.6. The van der Waals surface area contributed by atoms with Crippen LogP contribution in [0.3, 0.4) is 0 Å². The Kier molecular flexibility index (Phi) is 23.8. The first-order valence-electron chi connectivity index (χ1n) is 49.8. The van der Waals surface area contributed by atoms with Gasteiger partial charge in [-0.1, -0.05) is 90.6 Å². The molecule has 133 heavy (non-hydrogen) atoms. The van der Waals surface area contributed by atoms with Crippen LogP contribution < -0.4 is 20.0 Å². The van der Waals surface area contributed by atoms with Crippen LogP contribution in [-0.4, -0.2) is 182 Å². The number of aryl methyl sites for hydroxylation is 8. The van der Waals surface area contributed by atoms with Crippen molar-refractivity contribution in [1.82, 2.24) is 59.9 Å². The van der Waals surface area contributed by atoms with Crippen LogP contribution in [0.5, 0.6) is 0 Å². The van der Waals surface area contributed by atoms with Gasteiger partial charge in [0.05, 0.1) is 88.0 Å². The fourth-order valence-electron chi connectivity index (χ4n) is 24.8. The lowest BCUT2D eigenvalue weighted by Gasteiger charge is -2.23. The number of nitrogens with one attached hydrogen (secondary N) is 7. The first-order chi connectivity index (χ1) is 64.5. The second-order valence-electron chi connectivity index (χ2n) is 42.3. The van der Waals surface area contributed by atoms with E-state index in [1.807, 2.05) is 31.6 Å². The van der Waals surface area contributed by atoms with Crippen LogP contribution in [0, 0.1) is 0 Å². The summed E-state index contributed by atoms with van der Waals surface area (Å²) in [5.41, 5.74) is 30.3. The van der Waals surface area contributed by atoms with Gasteiger partial charge in [-0.25, -0.2) is 9.36 Å². The van der Waals surface area contributed by atoms with Gasteiger partial charge in [-0.15, -0.1) is 0 Å². The second kappa shape index (κ2) is 35.6. The maximum absolute atomic E-state index is 13.8. The Bertz CT molecular complexity index is 6320. The molecule has 5 aliphatic heterocycles. The zero-order valence-corrected chi connectivity index (χ0v) is 80.6. The molecule has 0 bridgehead atoms. The summed E-state index contributed by atoms with van der Waals surface area (Å²) in [6.45, 7) is 21.5. The molecular weight excluding hydrogens is 1710 g/mol. The van der Waals surface area contributed by atoms with Gasteiger partial charge in [0.1, 0.15) is 31.4 Å². The Morgan fingerprint density at radius 3 is 1.20 bits per heavy atom. The number of benzene rings is 4. The summed E-state index contributed by atoms with van der Waals surface area (Å²) in [5, 5.41) is 51.9. The van der Waals surface area contributed by atoms with E-state index in [4.69, 9.17) is 29.1 Å². The third-order valence-corrected chi connectivity index (χ3v) is 35.0. The molecule has 0 radical (unpaired) electrons. The Balaban J connectivity index is 0.000000105. The molecule has 12 aromatic rings. The van der Waals surface area contributed by atoms with Crippen LogP contribution in [0.15, 0.2) is 73.3 Å². The summed E-state index contributed by atoms with van der Waals surface area (Å²) in [5.74, 6) is 0.259. The van der Waals surface area contributed by atoms with Gasteiger partial charge >= 0.3 is 5.97 Å². The van der Waals surface area contributed by atoms with E-state index < -0.39 is 21.6 Å². The highest BCUT2D eigenvalue weighted by molar-refractivity contribution is 6.76. The SMILES string of the molecule is C1CCOC1.CCOC(=O)CN1C(=O)C2(CCCC2)c2cc3[nH]c4c(c3cc21)CCCc1cn(COCC[Si](C)(C)C)nc1-4.C[Si](C)(C)CCOCn1cc2c(n1)-c1[nH]c3cc4c(cc3c1CCC2)NC(=O)C41CCCC1.O=C1N(CCO)c2cc3c4c([nH]c3cc2C12CCCC2)-c1[nH]ncc1CCC4.O=C1N(CCO)c2cc3c4c([nH]c3cc2C12CCCC2)-c1[nH]ncc1CCC4. The Morgan fingerprint density at radius 2 is 0.805 bits per heavy atom. The number of aromatic amines is 6. The topological polar surface area (TPSA) is 341 Å². The maximum atomic E-state index is 13.8. The molecule has 27 nitrogen and oxygen atoms in total. The van der Waals surface area contributed by atoms with Gasteiger partial charge in [0.25, 0.3) is 0 Å². The number of rotatable bonds is 17. The standard InChI is InChI=1S/C30H40N4O4Si.C26H34N4O2Si.2C22H24N4O2.C4H8O/c1-5-38-26(35)18-34-25-15-22-21-10-8-9-20-17-33(19-37-13-14-39(2,3)4)32-27(20)28(21)31-24(22)16-23(25)30(29(34)36)11-6-7-12-30;1-33(2,3)12-11-32-16-30-15-17-7-6-8-18-19-13-22-20(14-21(19)27-24(18)23(17)29-30)26(25(31)28-22)9-4-5-10-26;2*27-9-8-26-18-10-15-14-5-3-4-13-12-23-25-19(13)20(14)24-17(15)11-16(18)22(21(26)28)6-1-2-7-22;1-2-4-5-3-1/h15-17,31H,5-14,18-19H2,1-4H3;13-15,27H,4-12,16H2,1-3H3,(H,28,31);2*10-12,24,27H,1-9H2,(H,23,25);1-4H2. The van der Waals surface area contributed by atoms with Crippen LogP contribution >= 0.6 is 0 Å². The van der Waals surface area contributed by atoms with E-state index in [1.165, 1.54) is 85.1 Å². The minimum atomic E-state index is -1.13. The molecular formula is C104H130N16O11Si2. The number of β-amino-alcohol motifs (C(OH)–C–C–N with tert-alkyl or cyclic N) is 2. The van der Waals surface area contributed by atoms with E-state index in [9.17, 15) is 34.2 Å². The van der Waals surface area contributed by atoms with Gasteiger partial charge in [0.15, 0.2) is 0 Å². The number of aliphatic hydroxyl groups excluding tert-OH is 2. The lowest BCUT2D eigenvalue weighted by molar-refractivity contribution is -0.142. The number of fused-ring (bicyclic) bond motifs is 28.